The summed E-state index contributed by atoms with van der Waals surface area (Å²) in [6.45, 7) is 3.58. The van der Waals surface area contributed by atoms with Crippen LogP contribution in [0.15, 0.2) is 24.3 Å². The minimum Gasteiger partial charge on any atom is -0.382 e. The van der Waals surface area contributed by atoms with Crippen molar-refractivity contribution in [3.05, 3.63) is 41.2 Å². The van der Waals surface area contributed by atoms with E-state index in [4.69, 9.17) is 5.73 Å². The van der Waals surface area contributed by atoms with Crippen molar-refractivity contribution in [3.8, 4) is 11.3 Å². The topological polar surface area (TPSA) is 51.8 Å². The fourth-order valence-electron chi connectivity index (χ4n) is 1.44. The van der Waals surface area contributed by atoms with E-state index in [9.17, 15) is 4.39 Å². The van der Waals surface area contributed by atoms with E-state index in [0.29, 0.717) is 17.1 Å². The lowest BCUT2D eigenvalue weighted by atomic mass is 10.1. The number of benzene rings is 1. The number of anilines is 1. The lowest BCUT2D eigenvalue weighted by Crippen LogP contribution is -1.98. The van der Waals surface area contributed by atoms with Gasteiger partial charge in [-0.15, -0.1) is 10.2 Å². The van der Waals surface area contributed by atoms with Crippen molar-refractivity contribution < 1.29 is 4.39 Å². The van der Waals surface area contributed by atoms with Gasteiger partial charge in [0.15, 0.2) is 0 Å². The number of halogens is 1. The van der Waals surface area contributed by atoms with Crippen LogP contribution in [0.4, 0.5) is 10.2 Å². The average Bonchev–Trinajstić information content (AvgIpc) is 2.26. The fraction of sp³-hybridized carbons (Fsp3) is 0.167. The zero-order chi connectivity index (χ0) is 11.7. The molecule has 0 aliphatic carbocycles. The van der Waals surface area contributed by atoms with Crippen LogP contribution < -0.4 is 5.73 Å². The van der Waals surface area contributed by atoms with Crippen LogP contribution in [-0.4, -0.2) is 10.2 Å². The summed E-state index contributed by atoms with van der Waals surface area (Å²) in [6, 6.07) is 6.70. The van der Waals surface area contributed by atoms with Crippen molar-refractivity contribution in [3.63, 3.8) is 0 Å². The standard InChI is InChI=1S/C12H12FN3/c1-7-5-9(3-4-10(7)13)11-6-8(2)12(14)16-15-11/h3-6H,1-2H3,(H2,14,16). The van der Waals surface area contributed by atoms with Crippen LogP contribution >= 0.6 is 0 Å². The molecule has 0 amide bonds. The first kappa shape index (κ1) is 10.5. The summed E-state index contributed by atoms with van der Waals surface area (Å²) in [7, 11) is 0. The summed E-state index contributed by atoms with van der Waals surface area (Å²) in [4.78, 5) is 0. The summed E-state index contributed by atoms with van der Waals surface area (Å²) in [5, 5.41) is 7.82. The monoisotopic (exact) mass is 217 g/mol. The van der Waals surface area contributed by atoms with Gasteiger partial charge in [-0.3, -0.25) is 0 Å². The second-order valence-electron chi connectivity index (χ2n) is 3.76. The fourth-order valence-corrected chi connectivity index (χ4v) is 1.44. The molecule has 0 aliphatic heterocycles. The van der Waals surface area contributed by atoms with Gasteiger partial charge in [-0.2, -0.15) is 0 Å². The lowest BCUT2D eigenvalue weighted by molar-refractivity contribution is 0.618. The summed E-state index contributed by atoms with van der Waals surface area (Å²) >= 11 is 0. The lowest BCUT2D eigenvalue weighted by Gasteiger charge is -2.04. The van der Waals surface area contributed by atoms with Crippen LogP contribution in [-0.2, 0) is 0 Å². The molecule has 2 rings (SSSR count). The number of nitrogens with two attached hydrogens (primary N) is 1. The third-order valence-corrected chi connectivity index (χ3v) is 2.48. The van der Waals surface area contributed by atoms with E-state index >= 15 is 0 Å². The molecule has 0 saturated carbocycles. The highest BCUT2D eigenvalue weighted by atomic mass is 19.1. The first-order valence-electron chi connectivity index (χ1n) is 4.94. The molecule has 16 heavy (non-hydrogen) atoms. The second kappa shape index (κ2) is 3.89. The molecule has 0 unspecified atom stereocenters. The van der Waals surface area contributed by atoms with Gasteiger partial charge in [0.2, 0.25) is 0 Å². The van der Waals surface area contributed by atoms with Gasteiger partial charge < -0.3 is 5.73 Å². The molecule has 2 aromatic rings. The second-order valence-corrected chi connectivity index (χ2v) is 3.76. The molecule has 0 bridgehead atoms. The highest BCUT2D eigenvalue weighted by molar-refractivity contribution is 5.61. The maximum Gasteiger partial charge on any atom is 0.149 e. The highest BCUT2D eigenvalue weighted by Crippen LogP contribution is 2.21. The molecule has 0 aliphatic rings. The Morgan fingerprint density at radius 2 is 1.81 bits per heavy atom. The molecular weight excluding hydrogens is 205 g/mol. The molecule has 0 spiro atoms. The van der Waals surface area contributed by atoms with E-state index in [0.717, 1.165) is 11.1 Å². The van der Waals surface area contributed by atoms with Crippen LogP contribution in [0, 0.1) is 19.7 Å². The van der Waals surface area contributed by atoms with Crippen molar-refractivity contribution in [1.29, 1.82) is 0 Å². The van der Waals surface area contributed by atoms with Crippen molar-refractivity contribution in [2.24, 2.45) is 0 Å². The Morgan fingerprint density at radius 1 is 1.06 bits per heavy atom. The minimum atomic E-state index is -0.219. The van der Waals surface area contributed by atoms with Gasteiger partial charge in [-0.1, -0.05) is 0 Å². The van der Waals surface area contributed by atoms with Gasteiger partial charge in [0.1, 0.15) is 11.6 Å². The molecule has 1 aromatic heterocycles. The van der Waals surface area contributed by atoms with Gasteiger partial charge in [0.25, 0.3) is 0 Å². The quantitative estimate of drug-likeness (QED) is 0.798. The SMILES string of the molecule is Cc1cc(-c2cc(C)c(N)nn2)ccc1F. The molecular formula is C12H12FN3. The van der Waals surface area contributed by atoms with E-state index in [1.54, 1.807) is 19.1 Å². The number of nitrogen functional groups attached to an aromatic ring is 1. The van der Waals surface area contributed by atoms with Crippen LogP contribution in [0.3, 0.4) is 0 Å². The zero-order valence-electron chi connectivity index (χ0n) is 9.16. The number of aromatic nitrogens is 2. The van der Waals surface area contributed by atoms with E-state index < -0.39 is 0 Å². The van der Waals surface area contributed by atoms with Crippen molar-refractivity contribution >= 4 is 5.82 Å². The summed E-state index contributed by atoms with van der Waals surface area (Å²) < 4.78 is 13.1. The number of aryl methyl sites for hydroxylation is 2. The van der Waals surface area contributed by atoms with E-state index in [-0.39, 0.29) is 5.82 Å². The van der Waals surface area contributed by atoms with Gasteiger partial charge >= 0.3 is 0 Å². The summed E-state index contributed by atoms with van der Waals surface area (Å²) in [5.41, 5.74) is 8.59. The normalized spacial score (nSPS) is 10.4. The molecule has 0 atom stereocenters. The van der Waals surface area contributed by atoms with E-state index in [2.05, 4.69) is 10.2 Å². The number of hydrogen-bond acceptors (Lipinski definition) is 3. The maximum absolute atomic E-state index is 13.1. The highest BCUT2D eigenvalue weighted by Gasteiger charge is 2.05. The Bertz CT molecular complexity index is 488. The third-order valence-electron chi connectivity index (χ3n) is 2.48. The molecule has 3 nitrogen and oxygen atoms in total. The Labute approximate surface area is 93.1 Å². The Balaban J connectivity index is 2.50. The van der Waals surface area contributed by atoms with E-state index in [1.807, 2.05) is 13.0 Å². The molecule has 0 saturated heterocycles. The molecule has 2 N–H and O–H groups in total. The Morgan fingerprint density at radius 3 is 2.44 bits per heavy atom. The molecule has 82 valence electrons. The summed E-state index contributed by atoms with van der Waals surface area (Å²) in [6.07, 6.45) is 0. The van der Waals surface area contributed by atoms with Crippen LogP contribution in [0.2, 0.25) is 0 Å². The molecule has 0 fully saturated rings. The first-order valence-corrected chi connectivity index (χ1v) is 4.94. The number of rotatable bonds is 1. The van der Waals surface area contributed by atoms with Crippen molar-refractivity contribution in [2.45, 2.75) is 13.8 Å². The van der Waals surface area contributed by atoms with Crippen LogP contribution in [0.5, 0.6) is 0 Å². The molecule has 1 aromatic carbocycles. The van der Waals surface area contributed by atoms with E-state index in [1.165, 1.54) is 6.07 Å². The average molecular weight is 217 g/mol. The predicted octanol–water partition coefficient (Wildman–Crippen LogP) is 2.48. The predicted molar refractivity (Wildman–Crippen MR) is 61.3 cm³/mol. The van der Waals surface area contributed by atoms with Crippen LogP contribution in [0.1, 0.15) is 11.1 Å². The smallest absolute Gasteiger partial charge is 0.149 e. The van der Waals surface area contributed by atoms with Crippen LogP contribution in [0.25, 0.3) is 11.3 Å². The number of nitrogens with zero attached hydrogens (tertiary/aromatic N) is 2. The third kappa shape index (κ3) is 1.86. The summed E-state index contributed by atoms with van der Waals surface area (Å²) in [5.74, 6) is 0.200. The number of hydrogen-bond donors (Lipinski definition) is 1. The minimum absolute atomic E-state index is 0.219. The largest absolute Gasteiger partial charge is 0.382 e. The van der Waals surface area contributed by atoms with Gasteiger partial charge in [-0.05, 0) is 49.2 Å². The van der Waals surface area contributed by atoms with Gasteiger partial charge in [-0.25, -0.2) is 4.39 Å². The zero-order valence-corrected chi connectivity index (χ0v) is 9.16. The van der Waals surface area contributed by atoms with Crippen molar-refractivity contribution in [1.82, 2.24) is 10.2 Å². The Kier molecular flexibility index (Phi) is 2.56. The molecule has 1 heterocycles. The Hall–Kier alpha value is -1.97. The first-order chi connectivity index (χ1) is 7.58. The molecule has 4 heteroatoms. The van der Waals surface area contributed by atoms with Gasteiger partial charge in [0, 0.05) is 5.56 Å². The maximum atomic E-state index is 13.1. The van der Waals surface area contributed by atoms with Gasteiger partial charge in [0.05, 0.1) is 5.69 Å². The van der Waals surface area contributed by atoms with Crippen molar-refractivity contribution in [2.75, 3.05) is 5.73 Å². The molecule has 0 radical (unpaired) electrons.